The van der Waals surface area contributed by atoms with Gasteiger partial charge in [-0.1, -0.05) is 24.3 Å². The Morgan fingerprint density at radius 2 is 1.53 bits per heavy atom. The second-order valence-corrected chi connectivity index (χ2v) is 8.05. The highest BCUT2D eigenvalue weighted by molar-refractivity contribution is 7.00. The zero-order chi connectivity index (χ0) is 19.6. The summed E-state index contributed by atoms with van der Waals surface area (Å²) < 4.78 is 15.0. The molecule has 0 amide bonds. The van der Waals surface area contributed by atoms with Crippen LogP contribution in [0.3, 0.4) is 0 Å². The Balaban J connectivity index is 1.69. The summed E-state index contributed by atoms with van der Waals surface area (Å²) >= 11 is 0. The summed E-state index contributed by atoms with van der Waals surface area (Å²) in [6, 6.07) is 24.8. The smallest absolute Gasteiger partial charge is 0.266 e. The van der Waals surface area contributed by atoms with Crippen LogP contribution in [0.15, 0.2) is 66.7 Å². The molecule has 8 rings (SSSR count). The molecule has 1 aromatic heterocycles. The molecular weight excluding hydrogens is 371 g/mol. The predicted molar refractivity (Wildman–Crippen MR) is 117 cm³/mol. The average molecular weight is 382 g/mol. The van der Waals surface area contributed by atoms with Gasteiger partial charge in [-0.05, 0) is 53.4 Å². The quantitative estimate of drug-likeness (QED) is 0.376. The number of ether oxygens (including phenoxy) is 2. The van der Waals surface area contributed by atoms with Crippen molar-refractivity contribution in [2.24, 2.45) is 0 Å². The Hall–Kier alpha value is -4.17. The third kappa shape index (κ3) is 1.47. The molecule has 3 aliphatic heterocycles. The maximum atomic E-state index is 9.71. The predicted octanol–water partition coefficient (Wildman–Crippen LogP) is 3.70. The van der Waals surface area contributed by atoms with Crippen LogP contribution in [0.2, 0.25) is 0 Å². The molecule has 0 unspecified atom stereocenters. The monoisotopic (exact) mass is 382 g/mol. The van der Waals surface area contributed by atoms with Gasteiger partial charge in [-0.25, -0.2) is 0 Å². The molecule has 4 aromatic carbocycles. The summed E-state index contributed by atoms with van der Waals surface area (Å²) in [5, 5.41) is 12.1. The van der Waals surface area contributed by atoms with Crippen LogP contribution < -0.4 is 25.9 Å². The standard InChI is InChI=1S/C25H11BN2O2/c27-12-13-10-17-22-21(11-13)30-19-7-3-6-18-23(19)26(22)24-20(29-18)9-8-15-14-4-1-2-5-16(14)28(17)25(15)24/h1-11H. The molecule has 136 valence electrons. The number of para-hydroxylation sites is 1. The molecule has 5 aromatic rings. The third-order valence-electron chi connectivity index (χ3n) is 6.66. The molecule has 4 nitrogen and oxygen atoms in total. The molecule has 3 aliphatic rings. The van der Waals surface area contributed by atoms with E-state index < -0.39 is 0 Å². The average Bonchev–Trinajstić information content (AvgIpc) is 3.13. The fourth-order valence-electron chi connectivity index (χ4n) is 5.58. The van der Waals surface area contributed by atoms with Crippen molar-refractivity contribution in [3.63, 3.8) is 0 Å². The molecule has 0 aliphatic carbocycles. The molecule has 0 bridgehead atoms. The van der Waals surface area contributed by atoms with Gasteiger partial charge in [-0.3, -0.25) is 0 Å². The summed E-state index contributed by atoms with van der Waals surface area (Å²) in [5.41, 5.74) is 7.28. The van der Waals surface area contributed by atoms with Gasteiger partial charge in [-0.2, -0.15) is 5.26 Å². The molecule has 0 saturated carbocycles. The second kappa shape index (κ2) is 4.69. The number of aromatic nitrogens is 1. The Bertz CT molecular complexity index is 1680. The van der Waals surface area contributed by atoms with Crippen molar-refractivity contribution in [1.82, 2.24) is 4.57 Å². The summed E-state index contributed by atoms with van der Waals surface area (Å²) in [7, 11) is 0. The van der Waals surface area contributed by atoms with Gasteiger partial charge >= 0.3 is 0 Å². The van der Waals surface area contributed by atoms with E-state index in [0.29, 0.717) is 5.56 Å². The van der Waals surface area contributed by atoms with Gasteiger partial charge in [0.05, 0.1) is 22.7 Å². The number of nitrogens with zero attached hydrogens (tertiary/aromatic N) is 2. The summed E-state index contributed by atoms with van der Waals surface area (Å²) in [5.74, 6) is 3.30. The van der Waals surface area contributed by atoms with Crippen molar-refractivity contribution in [1.29, 1.82) is 5.26 Å². The molecule has 30 heavy (non-hydrogen) atoms. The summed E-state index contributed by atoms with van der Waals surface area (Å²) in [4.78, 5) is 0. The van der Waals surface area contributed by atoms with E-state index in [2.05, 4.69) is 47.0 Å². The molecule has 0 atom stereocenters. The van der Waals surface area contributed by atoms with Crippen molar-refractivity contribution >= 4 is 44.9 Å². The molecule has 0 fully saturated rings. The first kappa shape index (κ1) is 14.8. The highest BCUT2D eigenvalue weighted by atomic mass is 16.5. The van der Waals surface area contributed by atoms with Crippen LogP contribution in [-0.4, -0.2) is 11.3 Å². The van der Waals surface area contributed by atoms with E-state index in [4.69, 9.17) is 9.47 Å². The summed E-state index contributed by atoms with van der Waals surface area (Å²) in [6.45, 7) is 0.0342. The second-order valence-electron chi connectivity index (χ2n) is 8.05. The Kier molecular flexibility index (Phi) is 2.31. The van der Waals surface area contributed by atoms with Gasteiger partial charge in [0, 0.05) is 21.9 Å². The van der Waals surface area contributed by atoms with Crippen LogP contribution in [0.5, 0.6) is 23.0 Å². The van der Waals surface area contributed by atoms with Crippen LogP contribution >= 0.6 is 0 Å². The van der Waals surface area contributed by atoms with Gasteiger partial charge in [-0.15, -0.1) is 0 Å². The Morgan fingerprint density at radius 1 is 0.733 bits per heavy atom. The lowest BCUT2D eigenvalue weighted by atomic mass is 9.33. The van der Waals surface area contributed by atoms with Gasteiger partial charge in [0.1, 0.15) is 23.0 Å². The molecule has 4 heterocycles. The highest BCUT2D eigenvalue weighted by Crippen LogP contribution is 2.42. The zero-order valence-electron chi connectivity index (χ0n) is 15.6. The zero-order valence-corrected chi connectivity index (χ0v) is 15.6. The van der Waals surface area contributed by atoms with E-state index in [0.717, 1.165) is 50.6 Å². The van der Waals surface area contributed by atoms with Crippen molar-refractivity contribution in [3.05, 3.63) is 72.3 Å². The van der Waals surface area contributed by atoms with Crippen LogP contribution in [-0.2, 0) is 0 Å². The topological polar surface area (TPSA) is 47.2 Å². The van der Waals surface area contributed by atoms with Crippen LogP contribution in [0, 0.1) is 11.3 Å². The molecule has 0 spiro atoms. The highest BCUT2D eigenvalue weighted by Gasteiger charge is 2.46. The van der Waals surface area contributed by atoms with E-state index >= 15 is 0 Å². The van der Waals surface area contributed by atoms with Gasteiger partial charge in [0.15, 0.2) is 0 Å². The third-order valence-corrected chi connectivity index (χ3v) is 6.66. The first-order chi connectivity index (χ1) is 14.8. The van der Waals surface area contributed by atoms with Crippen molar-refractivity contribution < 1.29 is 9.47 Å². The van der Waals surface area contributed by atoms with E-state index in [-0.39, 0.29) is 6.71 Å². The fourth-order valence-corrected chi connectivity index (χ4v) is 5.58. The Morgan fingerprint density at radius 3 is 2.40 bits per heavy atom. The molecule has 5 heteroatoms. The minimum Gasteiger partial charge on any atom is -0.458 e. The number of rotatable bonds is 0. The van der Waals surface area contributed by atoms with E-state index in [1.165, 1.54) is 16.2 Å². The molecule has 0 saturated heterocycles. The summed E-state index contributed by atoms with van der Waals surface area (Å²) in [6.07, 6.45) is 0. The lowest BCUT2D eigenvalue weighted by Crippen LogP contribution is -2.60. The van der Waals surface area contributed by atoms with Crippen molar-refractivity contribution in [2.75, 3.05) is 0 Å². The van der Waals surface area contributed by atoms with Crippen LogP contribution in [0.25, 0.3) is 27.5 Å². The number of benzene rings is 4. The van der Waals surface area contributed by atoms with Crippen LogP contribution in [0.1, 0.15) is 5.56 Å². The largest absolute Gasteiger partial charge is 0.458 e. The lowest BCUT2D eigenvalue weighted by molar-refractivity contribution is 0.464. The fraction of sp³-hybridized carbons (Fsp3) is 0. The number of hydrogen-bond donors (Lipinski definition) is 0. The molecule has 0 N–H and O–H groups in total. The maximum absolute atomic E-state index is 9.71. The first-order valence-corrected chi connectivity index (χ1v) is 9.96. The number of hydrogen-bond acceptors (Lipinski definition) is 3. The van der Waals surface area contributed by atoms with Gasteiger partial charge in [0.2, 0.25) is 0 Å². The number of fused-ring (bicyclic) bond motifs is 4. The normalized spacial score (nSPS) is 13.8. The van der Waals surface area contributed by atoms with Crippen molar-refractivity contribution in [3.8, 4) is 34.8 Å². The first-order valence-electron chi connectivity index (χ1n) is 9.96. The van der Waals surface area contributed by atoms with E-state index in [1.807, 2.05) is 30.3 Å². The van der Waals surface area contributed by atoms with Crippen LogP contribution in [0.4, 0.5) is 0 Å². The lowest BCUT2D eigenvalue weighted by Gasteiger charge is -2.37. The van der Waals surface area contributed by atoms with E-state index in [9.17, 15) is 5.26 Å². The van der Waals surface area contributed by atoms with Gasteiger partial charge in [0.25, 0.3) is 6.71 Å². The van der Waals surface area contributed by atoms with Crippen molar-refractivity contribution in [2.45, 2.75) is 0 Å². The molecule has 0 radical (unpaired) electrons. The van der Waals surface area contributed by atoms with E-state index in [1.54, 1.807) is 0 Å². The van der Waals surface area contributed by atoms with Gasteiger partial charge < -0.3 is 14.0 Å². The molecular formula is C25H11BN2O2. The Labute approximate surface area is 171 Å². The maximum Gasteiger partial charge on any atom is 0.266 e. The minimum atomic E-state index is 0.0342. The minimum absolute atomic E-state index is 0.0342. The number of nitriles is 1. The SMILES string of the molecule is N#Cc1cc2c3c(c1)-n1c4ccccc4c4ccc5c(c41)B3c1c(cccc1O5)O2.